The van der Waals surface area contributed by atoms with Crippen LogP contribution < -0.4 is 4.74 Å². The average molecular weight is 571 g/mol. The predicted octanol–water partition coefficient (Wildman–Crippen LogP) is 6.90. The van der Waals surface area contributed by atoms with Crippen LogP contribution >= 0.6 is 0 Å². The van der Waals surface area contributed by atoms with E-state index in [0.29, 0.717) is 19.0 Å². The van der Waals surface area contributed by atoms with Crippen LogP contribution in [-0.4, -0.2) is 39.4 Å². The number of nitrogens with zero attached hydrogens (tertiary/aromatic N) is 2. The Bertz CT molecular complexity index is 1440. The van der Waals surface area contributed by atoms with Gasteiger partial charge in [-0.2, -0.15) is 0 Å². The van der Waals surface area contributed by atoms with Crippen LogP contribution in [0.1, 0.15) is 43.5 Å². The molecule has 214 valence electrons. The number of ketones is 1. The van der Waals surface area contributed by atoms with Crippen LogP contribution in [0.4, 0.5) is 0 Å². The summed E-state index contributed by atoms with van der Waals surface area (Å²) in [6.07, 6.45) is 9.48. The molecule has 0 radical (unpaired) electrons. The lowest BCUT2D eigenvalue weighted by molar-refractivity contribution is -0.113. The van der Waals surface area contributed by atoms with Crippen molar-refractivity contribution in [3.63, 3.8) is 0 Å². The molecule has 0 spiro atoms. The molecule has 0 aliphatic rings. The molecule has 0 unspecified atom stereocenters. The molecule has 4 rings (SSSR count). The van der Waals surface area contributed by atoms with Crippen LogP contribution in [0.25, 0.3) is 17.2 Å². The molecule has 6 nitrogen and oxygen atoms in total. The minimum absolute atomic E-state index is 0.0105. The van der Waals surface area contributed by atoms with Crippen molar-refractivity contribution >= 4 is 22.7 Å². The summed E-state index contributed by atoms with van der Waals surface area (Å²) in [4.78, 5) is 17.5. The molecular weight excluding hydrogens is 532 g/mol. The van der Waals surface area contributed by atoms with Gasteiger partial charge in [0.05, 0.1) is 35.2 Å². The number of carbonyl (C=O) groups is 1. The molecular formula is C34H38N2O4S. The quantitative estimate of drug-likeness (QED) is 0.108. The van der Waals surface area contributed by atoms with Crippen LogP contribution in [0.15, 0.2) is 96.3 Å². The van der Waals surface area contributed by atoms with Crippen molar-refractivity contribution in [1.29, 1.82) is 0 Å². The van der Waals surface area contributed by atoms with Crippen molar-refractivity contribution in [3.8, 4) is 16.9 Å². The van der Waals surface area contributed by atoms with Crippen molar-refractivity contribution < 1.29 is 18.5 Å². The third kappa shape index (κ3) is 9.37. The number of hydrogen-bond donors (Lipinski definition) is 0. The molecule has 1 atom stereocenters. The van der Waals surface area contributed by atoms with Gasteiger partial charge in [0.1, 0.15) is 12.4 Å². The Morgan fingerprint density at radius 3 is 2.51 bits per heavy atom. The molecule has 0 saturated carbocycles. The molecule has 3 aromatic carbocycles. The van der Waals surface area contributed by atoms with E-state index in [0.717, 1.165) is 64.6 Å². The lowest BCUT2D eigenvalue weighted by Gasteiger charge is -2.08. The summed E-state index contributed by atoms with van der Waals surface area (Å²) in [5.74, 6) is 1.24. The number of benzene rings is 3. The number of ether oxygens (including phenoxy) is 2. The van der Waals surface area contributed by atoms with Crippen molar-refractivity contribution in [3.05, 3.63) is 108 Å². The zero-order valence-electron chi connectivity index (χ0n) is 23.8. The topological polar surface area (TPSA) is 70.4 Å². The fourth-order valence-electron chi connectivity index (χ4n) is 4.31. The summed E-state index contributed by atoms with van der Waals surface area (Å²) >= 11 is 0. The number of unbranched alkanes of at least 4 members (excludes halogenated alkanes) is 1. The summed E-state index contributed by atoms with van der Waals surface area (Å²) < 4.78 is 26.1. The van der Waals surface area contributed by atoms with Crippen molar-refractivity contribution in [2.45, 2.75) is 50.3 Å². The lowest BCUT2D eigenvalue weighted by Crippen LogP contribution is -2.07. The molecule has 0 amide bonds. The summed E-state index contributed by atoms with van der Waals surface area (Å²) in [7, 11) is -1.17. The Labute approximate surface area is 245 Å². The Hall–Kier alpha value is -3.81. The second-order valence-electron chi connectivity index (χ2n) is 9.75. The van der Waals surface area contributed by atoms with E-state index in [9.17, 15) is 9.00 Å². The van der Waals surface area contributed by atoms with E-state index in [-0.39, 0.29) is 12.2 Å². The number of allylic oxidation sites excluding steroid dienone is 1. The fraction of sp³-hybridized carbons (Fsp3) is 0.294. The highest BCUT2D eigenvalue weighted by molar-refractivity contribution is 7.84. The molecule has 0 N–H and O–H groups in total. The highest BCUT2D eigenvalue weighted by Crippen LogP contribution is 2.24. The van der Waals surface area contributed by atoms with E-state index in [1.807, 2.05) is 78.2 Å². The van der Waals surface area contributed by atoms with E-state index in [4.69, 9.17) is 9.47 Å². The number of imidazole rings is 1. The summed E-state index contributed by atoms with van der Waals surface area (Å²) in [6.45, 7) is 6.88. The predicted molar refractivity (Wildman–Crippen MR) is 165 cm³/mol. The third-order valence-electron chi connectivity index (χ3n) is 6.66. The molecule has 0 bridgehead atoms. The molecule has 7 heteroatoms. The molecule has 0 fully saturated rings. The number of aryl methyl sites for hydroxylation is 1. The number of rotatable bonds is 16. The molecule has 1 heterocycles. The van der Waals surface area contributed by atoms with Gasteiger partial charge in [-0.15, -0.1) is 0 Å². The van der Waals surface area contributed by atoms with Gasteiger partial charge >= 0.3 is 0 Å². The van der Waals surface area contributed by atoms with E-state index >= 15 is 0 Å². The maximum Gasteiger partial charge on any atom is 0.160 e. The molecule has 1 aromatic heterocycles. The Morgan fingerprint density at radius 2 is 1.76 bits per heavy atom. The zero-order valence-corrected chi connectivity index (χ0v) is 24.6. The van der Waals surface area contributed by atoms with Gasteiger partial charge in [0, 0.05) is 30.7 Å². The monoisotopic (exact) mass is 570 g/mol. The van der Waals surface area contributed by atoms with Crippen molar-refractivity contribution in [2.24, 2.45) is 0 Å². The smallest absolute Gasteiger partial charge is 0.160 e. The fourth-order valence-corrected chi connectivity index (χ4v) is 5.43. The lowest BCUT2D eigenvalue weighted by atomic mass is 10.0. The molecule has 41 heavy (non-hydrogen) atoms. The second-order valence-corrected chi connectivity index (χ2v) is 11.2. The summed E-state index contributed by atoms with van der Waals surface area (Å²) in [5.41, 5.74) is 4.94. The third-order valence-corrected chi connectivity index (χ3v) is 8.01. The molecule has 0 saturated heterocycles. The minimum atomic E-state index is -1.17. The van der Waals surface area contributed by atoms with E-state index < -0.39 is 10.8 Å². The number of aromatic nitrogens is 2. The van der Waals surface area contributed by atoms with Crippen LogP contribution in [0.2, 0.25) is 0 Å². The standard InChI is InChI=1S/C34H38N2O4S/c1-3-5-19-39-20-21-40-33-15-12-29(13-16-33)30-8-6-7-27(22-30)9-14-32(37)23-28-10-17-34(18-11-28)41(38)25-31-24-35-26-36(31)4-2/h6-18,22,24,26H,3-5,19-21,23,25H2,1-2H3/b14-9+/t41-/m1/s1. The van der Waals surface area contributed by atoms with Gasteiger partial charge in [0.25, 0.3) is 0 Å². The van der Waals surface area contributed by atoms with Crippen LogP contribution in [0.5, 0.6) is 5.75 Å². The first-order valence-electron chi connectivity index (χ1n) is 14.1. The number of hydrogen-bond acceptors (Lipinski definition) is 5. The van der Waals surface area contributed by atoms with Crippen molar-refractivity contribution in [1.82, 2.24) is 9.55 Å². The van der Waals surface area contributed by atoms with Crippen molar-refractivity contribution in [2.75, 3.05) is 19.8 Å². The average Bonchev–Trinajstić information content (AvgIpc) is 3.45. The highest BCUT2D eigenvalue weighted by Gasteiger charge is 2.10. The van der Waals surface area contributed by atoms with Gasteiger partial charge in [0.2, 0.25) is 0 Å². The summed E-state index contributed by atoms with van der Waals surface area (Å²) in [6, 6.07) is 23.5. The van der Waals surface area contributed by atoms with Gasteiger partial charge in [-0.05, 0) is 72.0 Å². The Morgan fingerprint density at radius 1 is 0.951 bits per heavy atom. The maximum absolute atomic E-state index is 12.8. The van der Waals surface area contributed by atoms with Crippen LogP contribution in [0.3, 0.4) is 0 Å². The van der Waals surface area contributed by atoms with Gasteiger partial charge in [-0.3, -0.25) is 9.00 Å². The first-order valence-corrected chi connectivity index (χ1v) is 15.5. The van der Waals surface area contributed by atoms with Gasteiger partial charge in [0.15, 0.2) is 5.78 Å². The highest BCUT2D eigenvalue weighted by atomic mass is 32.2. The minimum Gasteiger partial charge on any atom is -0.491 e. The van der Waals surface area contributed by atoms with Crippen LogP contribution in [-0.2, 0) is 39.0 Å². The van der Waals surface area contributed by atoms with E-state index in [1.165, 1.54) is 0 Å². The molecule has 4 aromatic rings. The largest absolute Gasteiger partial charge is 0.491 e. The van der Waals surface area contributed by atoms with Crippen LogP contribution in [0, 0.1) is 0 Å². The molecule has 0 aliphatic carbocycles. The van der Waals surface area contributed by atoms with Gasteiger partial charge in [-0.25, -0.2) is 4.98 Å². The molecule has 0 aliphatic heterocycles. The maximum atomic E-state index is 12.8. The van der Waals surface area contributed by atoms with E-state index in [2.05, 4.69) is 24.0 Å². The first kappa shape index (κ1) is 30.2. The Balaban J connectivity index is 1.28. The SMILES string of the molecule is CCCCOCCOc1ccc(-c2cccc(/C=C/C(=O)Cc3ccc([S@](=O)Cc4cncn4CC)cc3)c2)cc1. The summed E-state index contributed by atoms with van der Waals surface area (Å²) in [5, 5.41) is 0. The second kappa shape index (κ2) is 15.8. The van der Waals surface area contributed by atoms with Gasteiger partial charge in [-0.1, -0.05) is 61.9 Å². The normalized spacial score (nSPS) is 12.0. The van der Waals surface area contributed by atoms with E-state index in [1.54, 1.807) is 18.6 Å². The number of carbonyl (C=O) groups excluding carboxylic acids is 1. The first-order chi connectivity index (χ1) is 20.1. The van der Waals surface area contributed by atoms with Gasteiger partial charge < -0.3 is 14.0 Å². The Kier molecular flexibility index (Phi) is 11.7. The zero-order chi connectivity index (χ0) is 28.9.